The summed E-state index contributed by atoms with van der Waals surface area (Å²) in [4.78, 5) is 6.57. The van der Waals surface area contributed by atoms with Crippen LogP contribution in [0.15, 0.2) is 4.99 Å². The van der Waals surface area contributed by atoms with Crippen molar-refractivity contribution in [2.24, 2.45) is 16.8 Å². The van der Waals surface area contributed by atoms with E-state index in [0.29, 0.717) is 25.7 Å². The molecule has 0 amide bonds. The molecule has 0 aliphatic carbocycles. The molecule has 0 aromatic heterocycles. The molecule has 0 aromatic carbocycles. The SMILES string of the molecule is COCCCN=C(NN)N(CCOC)CC(C)C. The van der Waals surface area contributed by atoms with Crippen LogP contribution in [0.25, 0.3) is 0 Å². The first-order valence-corrected chi connectivity index (χ1v) is 6.39. The molecule has 0 bridgehead atoms. The molecule has 0 saturated heterocycles. The number of nitrogens with one attached hydrogen (secondary N) is 1. The minimum Gasteiger partial charge on any atom is -0.385 e. The number of nitrogens with zero attached hydrogens (tertiary/aromatic N) is 2. The molecule has 0 fully saturated rings. The molecule has 0 spiro atoms. The monoisotopic (exact) mass is 260 g/mol. The van der Waals surface area contributed by atoms with E-state index in [9.17, 15) is 0 Å². The van der Waals surface area contributed by atoms with Gasteiger partial charge in [0.1, 0.15) is 0 Å². The first kappa shape index (κ1) is 17.2. The summed E-state index contributed by atoms with van der Waals surface area (Å²) in [5.41, 5.74) is 2.67. The Morgan fingerprint density at radius 1 is 1.28 bits per heavy atom. The van der Waals surface area contributed by atoms with E-state index < -0.39 is 0 Å². The number of aliphatic imine (C=N–C) groups is 1. The van der Waals surface area contributed by atoms with E-state index in [4.69, 9.17) is 15.3 Å². The van der Waals surface area contributed by atoms with Gasteiger partial charge in [0.25, 0.3) is 0 Å². The molecule has 0 unspecified atom stereocenters. The zero-order valence-electron chi connectivity index (χ0n) is 12.1. The first-order valence-electron chi connectivity index (χ1n) is 6.39. The lowest BCUT2D eigenvalue weighted by atomic mass is 10.2. The standard InChI is InChI=1S/C12H28N4O2/c1-11(2)10-16(7-9-18-4)12(15-13)14-6-5-8-17-3/h11H,5-10,13H2,1-4H3,(H,14,15). The van der Waals surface area contributed by atoms with Gasteiger partial charge in [-0.25, -0.2) is 5.84 Å². The van der Waals surface area contributed by atoms with Gasteiger partial charge in [0.05, 0.1) is 6.61 Å². The Balaban J connectivity index is 4.37. The Morgan fingerprint density at radius 2 is 1.94 bits per heavy atom. The normalized spacial score (nSPS) is 12.0. The van der Waals surface area contributed by atoms with Crippen LogP contribution in [-0.2, 0) is 9.47 Å². The highest BCUT2D eigenvalue weighted by molar-refractivity contribution is 5.79. The highest BCUT2D eigenvalue weighted by Crippen LogP contribution is 1.99. The zero-order valence-corrected chi connectivity index (χ0v) is 12.1. The topological polar surface area (TPSA) is 72.1 Å². The maximum atomic E-state index is 5.54. The molecule has 0 saturated carbocycles. The number of nitrogens with two attached hydrogens (primary N) is 1. The van der Waals surface area contributed by atoms with Crippen molar-refractivity contribution in [1.82, 2.24) is 10.3 Å². The Bertz CT molecular complexity index is 222. The number of hydrogen-bond acceptors (Lipinski definition) is 4. The van der Waals surface area contributed by atoms with Crippen molar-refractivity contribution in [1.29, 1.82) is 0 Å². The van der Waals surface area contributed by atoms with Gasteiger partial charge in [-0.1, -0.05) is 13.8 Å². The third-order valence-corrected chi connectivity index (χ3v) is 2.35. The summed E-state index contributed by atoms with van der Waals surface area (Å²) in [6.45, 7) is 8.08. The van der Waals surface area contributed by atoms with Gasteiger partial charge in [0.15, 0.2) is 0 Å². The molecule has 0 radical (unpaired) electrons. The summed E-state index contributed by atoms with van der Waals surface area (Å²) in [5, 5.41) is 0. The molecule has 0 rings (SSSR count). The second kappa shape index (κ2) is 11.3. The van der Waals surface area contributed by atoms with E-state index in [0.717, 1.165) is 25.5 Å². The predicted octanol–water partition coefficient (Wildman–Crippen LogP) is 0.447. The van der Waals surface area contributed by atoms with Crippen LogP contribution in [0.3, 0.4) is 0 Å². The van der Waals surface area contributed by atoms with Crippen LogP contribution in [0.1, 0.15) is 20.3 Å². The van der Waals surface area contributed by atoms with Gasteiger partial charge < -0.3 is 14.4 Å². The third kappa shape index (κ3) is 8.27. The van der Waals surface area contributed by atoms with Crippen LogP contribution in [-0.4, -0.2) is 57.9 Å². The van der Waals surface area contributed by atoms with E-state index in [-0.39, 0.29) is 0 Å². The van der Waals surface area contributed by atoms with E-state index in [1.807, 2.05) is 0 Å². The smallest absolute Gasteiger partial charge is 0.208 e. The fraction of sp³-hybridized carbons (Fsp3) is 0.917. The molecule has 18 heavy (non-hydrogen) atoms. The molecule has 0 aliphatic heterocycles. The summed E-state index contributed by atoms with van der Waals surface area (Å²) in [7, 11) is 3.38. The number of rotatable bonds is 9. The molecular weight excluding hydrogens is 232 g/mol. The maximum Gasteiger partial charge on any atom is 0.208 e. The van der Waals surface area contributed by atoms with Crippen LogP contribution < -0.4 is 11.3 Å². The molecule has 3 N–H and O–H groups in total. The molecular formula is C12H28N4O2. The number of hydrogen-bond donors (Lipinski definition) is 2. The van der Waals surface area contributed by atoms with Crippen molar-refractivity contribution < 1.29 is 9.47 Å². The van der Waals surface area contributed by atoms with Crippen molar-refractivity contribution in [2.45, 2.75) is 20.3 Å². The van der Waals surface area contributed by atoms with Crippen molar-refractivity contribution in [3.05, 3.63) is 0 Å². The predicted molar refractivity (Wildman–Crippen MR) is 74.4 cm³/mol. The van der Waals surface area contributed by atoms with Gasteiger partial charge in [-0.2, -0.15) is 0 Å². The minimum absolute atomic E-state index is 0.541. The maximum absolute atomic E-state index is 5.54. The quantitative estimate of drug-likeness (QED) is 0.207. The zero-order chi connectivity index (χ0) is 13.8. The lowest BCUT2D eigenvalue weighted by Gasteiger charge is -2.27. The second-order valence-electron chi connectivity index (χ2n) is 4.53. The summed E-state index contributed by atoms with van der Waals surface area (Å²) in [5.74, 6) is 6.80. The molecule has 0 atom stereocenters. The molecule has 108 valence electrons. The van der Waals surface area contributed by atoms with Crippen molar-refractivity contribution in [2.75, 3.05) is 47.1 Å². The van der Waals surface area contributed by atoms with Crippen molar-refractivity contribution in [3.8, 4) is 0 Å². The van der Waals surface area contributed by atoms with E-state index in [1.54, 1.807) is 14.2 Å². The number of guanidine groups is 1. The highest BCUT2D eigenvalue weighted by atomic mass is 16.5. The van der Waals surface area contributed by atoms with Gasteiger partial charge in [0.2, 0.25) is 5.96 Å². The average molecular weight is 260 g/mol. The van der Waals surface area contributed by atoms with Gasteiger partial charge in [-0.15, -0.1) is 0 Å². The second-order valence-corrected chi connectivity index (χ2v) is 4.53. The molecule has 6 nitrogen and oxygen atoms in total. The van der Waals surface area contributed by atoms with Crippen molar-refractivity contribution >= 4 is 5.96 Å². The largest absolute Gasteiger partial charge is 0.385 e. The van der Waals surface area contributed by atoms with Crippen LogP contribution in [0.4, 0.5) is 0 Å². The van der Waals surface area contributed by atoms with Gasteiger partial charge in [-0.3, -0.25) is 10.4 Å². The van der Waals surface area contributed by atoms with Gasteiger partial charge in [-0.05, 0) is 12.3 Å². The Kier molecular flexibility index (Phi) is 10.7. The van der Waals surface area contributed by atoms with Crippen LogP contribution in [0.5, 0.6) is 0 Å². The van der Waals surface area contributed by atoms with Crippen LogP contribution in [0, 0.1) is 5.92 Å². The lowest BCUT2D eigenvalue weighted by Crippen LogP contribution is -2.47. The average Bonchev–Trinajstić information content (AvgIpc) is 2.34. The summed E-state index contributed by atoms with van der Waals surface area (Å²) >= 11 is 0. The van der Waals surface area contributed by atoms with E-state index in [1.165, 1.54) is 0 Å². The van der Waals surface area contributed by atoms with E-state index >= 15 is 0 Å². The fourth-order valence-electron chi connectivity index (χ4n) is 1.56. The minimum atomic E-state index is 0.541. The van der Waals surface area contributed by atoms with E-state index in [2.05, 4.69) is 29.2 Å². The fourth-order valence-corrected chi connectivity index (χ4v) is 1.56. The molecule has 0 aromatic rings. The molecule has 6 heteroatoms. The summed E-state index contributed by atoms with van der Waals surface area (Å²) in [6.07, 6.45) is 0.890. The Morgan fingerprint density at radius 3 is 2.44 bits per heavy atom. The summed E-state index contributed by atoms with van der Waals surface area (Å²) in [6, 6.07) is 0. The Labute approximate surface area is 110 Å². The number of methoxy groups -OCH3 is 2. The number of hydrazine groups is 1. The summed E-state index contributed by atoms with van der Waals surface area (Å²) < 4.78 is 10.1. The van der Waals surface area contributed by atoms with Gasteiger partial charge in [0, 0.05) is 40.5 Å². The van der Waals surface area contributed by atoms with Gasteiger partial charge >= 0.3 is 0 Å². The lowest BCUT2D eigenvalue weighted by molar-refractivity contribution is 0.170. The molecule has 0 aliphatic rings. The molecule has 0 heterocycles. The van der Waals surface area contributed by atoms with Crippen LogP contribution >= 0.6 is 0 Å². The van der Waals surface area contributed by atoms with Crippen LogP contribution in [0.2, 0.25) is 0 Å². The Hall–Kier alpha value is -0.850. The first-order chi connectivity index (χ1) is 8.65. The number of ether oxygens (including phenoxy) is 2. The third-order valence-electron chi connectivity index (χ3n) is 2.35. The highest BCUT2D eigenvalue weighted by Gasteiger charge is 2.11. The van der Waals surface area contributed by atoms with Crippen molar-refractivity contribution in [3.63, 3.8) is 0 Å².